The van der Waals surface area contributed by atoms with Gasteiger partial charge in [-0.3, -0.25) is 0 Å². The highest BCUT2D eigenvalue weighted by atomic mass is 16.5. The molecule has 0 saturated carbocycles. The van der Waals surface area contributed by atoms with E-state index in [1.165, 1.54) is 45.3 Å². The van der Waals surface area contributed by atoms with Gasteiger partial charge in [0.1, 0.15) is 0 Å². The molecule has 2 aliphatic rings. The molecule has 0 radical (unpaired) electrons. The lowest BCUT2D eigenvalue weighted by Gasteiger charge is -2.29. The zero-order valence-electron chi connectivity index (χ0n) is 11.5. The van der Waals surface area contributed by atoms with E-state index in [1.54, 1.807) is 0 Å². The predicted octanol–water partition coefficient (Wildman–Crippen LogP) is 1.88. The topological polar surface area (TPSA) is 24.5 Å². The van der Waals surface area contributed by atoms with Crippen LogP contribution in [0.15, 0.2) is 0 Å². The quantitative estimate of drug-likeness (QED) is 0.794. The standard InChI is InChI=1S/C14H28N2O/c1-12(11-16-6-3-4-7-16)10-15-14-5-8-17-13(2)9-14/h12-15H,3-11H2,1-2H3. The number of rotatable bonds is 5. The van der Waals surface area contributed by atoms with Crippen molar-refractivity contribution in [3.05, 3.63) is 0 Å². The summed E-state index contributed by atoms with van der Waals surface area (Å²) in [6.07, 6.45) is 5.60. The van der Waals surface area contributed by atoms with Crippen LogP contribution in [0.1, 0.15) is 39.5 Å². The van der Waals surface area contributed by atoms with Gasteiger partial charge in [0.25, 0.3) is 0 Å². The molecule has 0 aromatic rings. The van der Waals surface area contributed by atoms with Crippen LogP contribution in [0.4, 0.5) is 0 Å². The Bertz CT molecular complexity index is 216. The largest absolute Gasteiger partial charge is 0.378 e. The monoisotopic (exact) mass is 240 g/mol. The van der Waals surface area contributed by atoms with Gasteiger partial charge in [-0.1, -0.05) is 6.92 Å². The summed E-state index contributed by atoms with van der Waals surface area (Å²) in [4.78, 5) is 2.61. The lowest BCUT2D eigenvalue weighted by Crippen LogP contribution is -2.41. The summed E-state index contributed by atoms with van der Waals surface area (Å²) in [7, 11) is 0. The fourth-order valence-corrected chi connectivity index (χ4v) is 3.02. The van der Waals surface area contributed by atoms with Gasteiger partial charge in [-0.05, 0) is 58.2 Å². The Morgan fingerprint density at radius 1 is 1.35 bits per heavy atom. The molecule has 0 spiro atoms. The van der Waals surface area contributed by atoms with E-state index in [-0.39, 0.29) is 0 Å². The number of hydrogen-bond donors (Lipinski definition) is 1. The van der Waals surface area contributed by atoms with Crippen LogP contribution in [0.3, 0.4) is 0 Å². The summed E-state index contributed by atoms with van der Waals surface area (Å²) in [5.74, 6) is 0.770. The molecule has 3 atom stereocenters. The van der Waals surface area contributed by atoms with Gasteiger partial charge in [-0.25, -0.2) is 0 Å². The van der Waals surface area contributed by atoms with Crippen LogP contribution in [-0.2, 0) is 4.74 Å². The molecule has 2 fully saturated rings. The van der Waals surface area contributed by atoms with E-state index in [4.69, 9.17) is 4.74 Å². The van der Waals surface area contributed by atoms with E-state index in [1.807, 2.05) is 0 Å². The zero-order chi connectivity index (χ0) is 12.1. The molecule has 100 valence electrons. The third-order valence-corrected chi connectivity index (χ3v) is 4.01. The maximum atomic E-state index is 5.57. The molecule has 17 heavy (non-hydrogen) atoms. The van der Waals surface area contributed by atoms with Gasteiger partial charge in [0, 0.05) is 19.2 Å². The van der Waals surface area contributed by atoms with E-state index >= 15 is 0 Å². The Morgan fingerprint density at radius 3 is 2.82 bits per heavy atom. The lowest BCUT2D eigenvalue weighted by molar-refractivity contribution is 0.0126. The van der Waals surface area contributed by atoms with Crippen molar-refractivity contribution >= 4 is 0 Å². The Labute approximate surface area is 106 Å². The van der Waals surface area contributed by atoms with Crippen molar-refractivity contribution < 1.29 is 4.74 Å². The smallest absolute Gasteiger partial charge is 0.0561 e. The van der Waals surface area contributed by atoms with E-state index in [9.17, 15) is 0 Å². The van der Waals surface area contributed by atoms with Crippen molar-refractivity contribution in [3.63, 3.8) is 0 Å². The zero-order valence-corrected chi connectivity index (χ0v) is 11.5. The van der Waals surface area contributed by atoms with Crippen LogP contribution in [0.2, 0.25) is 0 Å². The number of nitrogens with zero attached hydrogens (tertiary/aromatic N) is 1. The molecule has 2 aliphatic heterocycles. The first-order valence-corrected chi connectivity index (χ1v) is 7.31. The highest BCUT2D eigenvalue weighted by Gasteiger charge is 2.20. The van der Waals surface area contributed by atoms with Crippen LogP contribution in [-0.4, -0.2) is 49.8 Å². The van der Waals surface area contributed by atoms with Crippen LogP contribution >= 0.6 is 0 Å². The predicted molar refractivity (Wildman–Crippen MR) is 71.3 cm³/mol. The molecule has 0 aromatic carbocycles. The van der Waals surface area contributed by atoms with Gasteiger partial charge in [-0.15, -0.1) is 0 Å². The first-order valence-electron chi connectivity index (χ1n) is 7.31. The summed E-state index contributed by atoms with van der Waals surface area (Å²) in [6.45, 7) is 10.5. The molecule has 0 amide bonds. The fourth-order valence-electron chi connectivity index (χ4n) is 3.02. The third kappa shape index (κ3) is 4.57. The number of ether oxygens (including phenoxy) is 1. The molecule has 1 N–H and O–H groups in total. The molecular weight excluding hydrogens is 212 g/mol. The Balaban J connectivity index is 1.59. The maximum absolute atomic E-state index is 5.57. The highest BCUT2D eigenvalue weighted by molar-refractivity contribution is 4.76. The highest BCUT2D eigenvalue weighted by Crippen LogP contribution is 2.14. The number of hydrogen-bond acceptors (Lipinski definition) is 3. The van der Waals surface area contributed by atoms with E-state index < -0.39 is 0 Å². The van der Waals surface area contributed by atoms with E-state index in [0.717, 1.165) is 19.1 Å². The second kappa shape index (κ2) is 6.72. The fraction of sp³-hybridized carbons (Fsp3) is 1.00. The molecule has 0 aliphatic carbocycles. The van der Waals surface area contributed by atoms with Crippen molar-refractivity contribution in [3.8, 4) is 0 Å². The molecule has 2 rings (SSSR count). The Morgan fingerprint density at radius 2 is 2.12 bits per heavy atom. The van der Waals surface area contributed by atoms with Crippen LogP contribution < -0.4 is 5.32 Å². The SMILES string of the molecule is CC(CNC1CCOC(C)C1)CN1CCCC1. The minimum absolute atomic E-state index is 0.440. The summed E-state index contributed by atoms with van der Waals surface area (Å²) in [5.41, 5.74) is 0. The molecule has 3 nitrogen and oxygen atoms in total. The second-order valence-corrected chi connectivity index (χ2v) is 5.92. The molecule has 2 heterocycles. The molecular formula is C14H28N2O. The minimum Gasteiger partial charge on any atom is -0.378 e. The van der Waals surface area contributed by atoms with Crippen LogP contribution in [0.25, 0.3) is 0 Å². The molecule has 3 unspecified atom stereocenters. The van der Waals surface area contributed by atoms with Crippen LogP contribution in [0.5, 0.6) is 0 Å². The van der Waals surface area contributed by atoms with Gasteiger partial charge in [0.05, 0.1) is 6.10 Å². The molecule has 2 saturated heterocycles. The maximum Gasteiger partial charge on any atom is 0.0561 e. The molecule has 0 bridgehead atoms. The van der Waals surface area contributed by atoms with Gasteiger partial charge in [0.15, 0.2) is 0 Å². The van der Waals surface area contributed by atoms with Gasteiger partial charge >= 0.3 is 0 Å². The summed E-state index contributed by atoms with van der Waals surface area (Å²) in [5, 5.41) is 3.72. The lowest BCUT2D eigenvalue weighted by atomic mass is 10.0. The van der Waals surface area contributed by atoms with Gasteiger partial charge in [-0.2, -0.15) is 0 Å². The molecule has 0 aromatic heterocycles. The van der Waals surface area contributed by atoms with Crippen molar-refractivity contribution in [1.29, 1.82) is 0 Å². The number of likely N-dealkylation sites (tertiary alicyclic amines) is 1. The minimum atomic E-state index is 0.440. The molecule has 3 heteroatoms. The first kappa shape index (κ1) is 13.3. The van der Waals surface area contributed by atoms with Gasteiger partial charge < -0.3 is 15.0 Å². The van der Waals surface area contributed by atoms with E-state index in [2.05, 4.69) is 24.1 Å². The third-order valence-electron chi connectivity index (χ3n) is 4.01. The van der Waals surface area contributed by atoms with Crippen molar-refractivity contribution in [2.24, 2.45) is 5.92 Å². The normalized spacial score (nSPS) is 32.8. The summed E-state index contributed by atoms with van der Waals surface area (Å²) < 4.78 is 5.57. The number of nitrogens with one attached hydrogen (secondary N) is 1. The van der Waals surface area contributed by atoms with Crippen molar-refractivity contribution in [2.45, 2.75) is 51.7 Å². The van der Waals surface area contributed by atoms with Crippen molar-refractivity contribution in [2.75, 3.05) is 32.8 Å². The summed E-state index contributed by atoms with van der Waals surface area (Å²) in [6, 6.07) is 0.680. The average Bonchev–Trinajstić information content (AvgIpc) is 2.79. The summed E-state index contributed by atoms with van der Waals surface area (Å²) >= 11 is 0. The average molecular weight is 240 g/mol. The van der Waals surface area contributed by atoms with Gasteiger partial charge in [0.2, 0.25) is 0 Å². The van der Waals surface area contributed by atoms with Crippen LogP contribution in [0, 0.1) is 5.92 Å². The van der Waals surface area contributed by atoms with E-state index in [0.29, 0.717) is 12.1 Å². The first-order chi connectivity index (χ1) is 8.24. The Hall–Kier alpha value is -0.120. The van der Waals surface area contributed by atoms with Crippen molar-refractivity contribution in [1.82, 2.24) is 10.2 Å². The Kier molecular flexibility index (Phi) is 5.26. The second-order valence-electron chi connectivity index (χ2n) is 5.92.